The number of aromatic nitrogens is 1. The van der Waals surface area contributed by atoms with Crippen LogP contribution in [0.3, 0.4) is 0 Å². The molecule has 0 aliphatic heterocycles. The van der Waals surface area contributed by atoms with Crippen molar-refractivity contribution in [1.82, 2.24) is 0 Å². The maximum atomic E-state index is 8.98. The number of nitriles is 1. The Kier molecular flexibility index (Phi) is 4.56. The Morgan fingerprint density at radius 3 is 2.67 bits per heavy atom. The van der Waals surface area contributed by atoms with E-state index in [4.69, 9.17) is 10.00 Å². The molecule has 0 bridgehead atoms. The van der Waals surface area contributed by atoms with E-state index in [0.29, 0.717) is 5.56 Å². The summed E-state index contributed by atoms with van der Waals surface area (Å²) in [5.41, 5.74) is 1.60. The zero-order chi connectivity index (χ0) is 13.9. The molecule has 4 heteroatoms. The van der Waals surface area contributed by atoms with Crippen LogP contribution < -0.4 is 26.3 Å². The van der Waals surface area contributed by atoms with Crippen molar-refractivity contribution < 1.29 is 26.3 Å². The molecule has 0 aliphatic carbocycles. The fraction of sp³-hybridized carbons (Fsp3) is 0.0588. The Hall–Kier alpha value is -2.38. The summed E-state index contributed by atoms with van der Waals surface area (Å²) in [6.45, 7) is 0. The number of fused-ring (bicyclic) bond motifs is 1. The summed E-state index contributed by atoms with van der Waals surface area (Å²) >= 11 is 0. The predicted molar refractivity (Wildman–Crippen MR) is 76.7 cm³/mol. The lowest BCUT2D eigenvalue weighted by molar-refractivity contribution is -0.594. The van der Waals surface area contributed by atoms with Crippen molar-refractivity contribution in [3.05, 3.63) is 66.5 Å². The van der Waals surface area contributed by atoms with Crippen LogP contribution in [0.1, 0.15) is 5.56 Å². The molecule has 1 aromatic heterocycles. The molecule has 0 saturated carbocycles. The van der Waals surface area contributed by atoms with E-state index in [-0.39, 0.29) is 17.0 Å². The van der Waals surface area contributed by atoms with Gasteiger partial charge in [0.2, 0.25) is 5.69 Å². The lowest BCUT2D eigenvalue weighted by atomic mass is 10.1. The molecule has 1 heterocycles. The highest BCUT2D eigenvalue weighted by atomic mass is 79.9. The van der Waals surface area contributed by atoms with E-state index in [1.165, 1.54) is 0 Å². The molecule has 0 radical (unpaired) electrons. The third-order valence-corrected chi connectivity index (χ3v) is 3.28. The van der Waals surface area contributed by atoms with Crippen LogP contribution in [0.5, 0.6) is 5.75 Å². The average Bonchev–Trinajstić information content (AvgIpc) is 2.53. The van der Waals surface area contributed by atoms with Crippen LogP contribution in [0.15, 0.2) is 60.9 Å². The summed E-state index contributed by atoms with van der Waals surface area (Å²) in [4.78, 5) is 0. The number of ether oxygens (including phenoxy) is 1. The molecular weight excluding hydrogens is 328 g/mol. The highest BCUT2D eigenvalue weighted by molar-refractivity contribution is 5.86. The summed E-state index contributed by atoms with van der Waals surface area (Å²) in [6.07, 6.45) is 4.00. The number of methoxy groups -OCH3 is 1. The van der Waals surface area contributed by atoms with E-state index in [2.05, 4.69) is 6.07 Å². The SMILES string of the molecule is COc1cccc2cc[n+](-c3cccc(C#N)c3)cc12.[Br-]. The maximum absolute atomic E-state index is 8.98. The van der Waals surface area contributed by atoms with Gasteiger partial charge in [-0.1, -0.05) is 18.2 Å². The number of nitrogens with zero attached hydrogens (tertiary/aromatic N) is 2. The molecule has 0 aliphatic rings. The summed E-state index contributed by atoms with van der Waals surface area (Å²) in [5.74, 6) is 0.841. The fourth-order valence-electron chi connectivity index (χ4n) is 2.26. The molecular formula is C17H13BrN2O. The van der Waals surface area contributed by atoms with Crippen molar-refractivity contribution in [2.24, 2.45) is 0 Å². The van der Waals surface area contributed by atoms with E-state index in [1.54, 1.807) is 13.2 Å². The van der Waals surface area contributed by atoms with E-state index < -0.39 is 0 Å². The molecule has 2 aromatic carbocycles. The first-order chi connectivity index (χ1) is 9.81. The molecule has 0 spiro atoms. The fourth-order valence-corrected chi connectivity index (χ4v) is 2.26. The topological polar surface area (TPSA) is 36.9 Å². The molecule has 0 N–H and O–H groups in total. The molecule has 104 valence electrons. The maximum Gasteiger partial charge on any atom is 0.211 e. The molecule has 3 nitrogen and oxygen atoms in total. The van der Waals surface area contributed by atoms with Crippen molar-refractivity contribution in [3.63, 3.8) is 0 Å². The van der Waals surface area contributed by atoms with E-state index in [9.17, 15) is 0 Å². The Labute approximate surface area is 133 Å². The second kappa shape index (κ2) is 6.38. The first-order valence-electron chi connectivity index (χ1n) is 6.30. The molecule has 21 heavy (non-hydrogen) atoms. The van der Waals surface area contributed by atoms with Crippen LogP contribution in [0, 0.1) is 11.3 Å². The van der Waals surface area contributed by atoms with Crippen LogP contribution in [-0.2, 0) is 0 Å². The number of pyridine rings is 1. The molecule has 0 saturated heterocycles. The minimum absolute atomic E-state index is 0. The lowest BCUT2D eigenvalue weighted by Crippen LogP contribution is -3.00. The van der Waals surface area contributed by atoms with Crippen LogP contribution in [0.2, 0.25) is 0 Å². The van der Waals surface area contributed by atoms with Gasteiger partial charge >= 0.3 is 0 Å². The second-order valence-electron chi connectivity index (χ2n) is 4.48. The summed E-state index contributed by atoms with van der Waals surface area (Å²) in [5, 5.41) is 11.1. The number of hydrogen-bond acceptors (Lipinski definition) is 2. The Morgan fingerprint density at radius 1 is 1.10 bits per heavy atom. The van der Waals surface area contributed by atoms with Gasteiger partial charge in [0.25, 0.3) is 0 Å². The summed E-state index contributed by atoms with van der Waals surface area (Å²) in [7, 11) is 1.67. The lowest BCUT2D eigenvalue weighted by Gasteiger charge is -2.04. The van der Waals surface area contributed by atoms with Crippen molar-refractivity contribution in [2.75, 3.05) is 7.11 Å². The van der Waals surface area contributed by atoms with Crippen molar-refractivity contribution in [3.8, 4) is 17.5 Å². The quantitative estimate of drug-likeness (QED) is 0.616. The molecule has 0 amide bonds. The monoisotopic (exact) mass is 340 g/mol. The van der Waals surface area contributed by atoms with Crippen LogP contribution >= 0.6 is 0 Å². The van der Waals surface area contributed by atoms with Crippen molar-refractivity contribution >= 4 is 10.8 Å². The third-order valence-electron chi connectivity index (χ3n) is 3.28. The molecule has 0 unspecified atom stereocenters. The first-order valence-corrected chi connectivity index (χ1v) is 6.30. The minimum atomic E-state index is 0. The zero-order valence-electron chi connectivity index (χ0n) is 11.5. The van der Waals surface area contributed by atoms with Crippen molar-refractivity contribution in [2.45, 2.75) is 0 Å². The van der Waals surface area contributed by atoms with Gasteiger partial charge in [-0.05, 0) is 17.5 Å². The number of rotatable bonds is 2. The largest absolute Gasteiger partial charge is 1.00 e. The van der Waals surface area contributed by atoms with Crippen LogP contribution in [0.4, 0.5) is 0 Å². The van der Waals surface area contributed by atoms with Gasteiger partial charge < -0.3 is 21.7 Å². The van der Waals surface area contributed by atoms with Gasteiger partial charge in [-0.2, -0.15) is 9.83 Å². The normalized spacial score (nSPS) is 9.71. The van der Waals surface area contributed by atoms with E-state index >= 15 is 0 Å². The van der Waals surface area contributed by atoms with Crippen LogP contribution in [-0.4, -0.2) is 7.11 Å². The second-order valence-corrected chi connectivity index (χ2v) is 4.48. The number of halogens is 1. The first kappa shape index (κ1) is 15.0. The third kappa shape index (κ3) is 2.88. The van der Waals surface area contributed by atoms with Gasteiger partial charge in [-0.25, -0.2) is 0 Å². The highest BCUT2D eigenvalue weighted by Crippen LogP contribution is 2.23. The molecule has 3 rings (SSSR count). The molecule has 3 aromatic rings. The molecule has 0 atom stereocenters. The van der Waals surface area contributed by atoms with Gasteiger partial charge in [0.1, 0.15) is 5.75 Å². The molecule has 0 fully saturated rings. The zero-order valence-corrected chi connectivity index (χ0v) is 13.0. The van der Waals surface area contributed by atoms with Gasteiger partial charge in [-0.3, -0.25) is 0 Å². The van der Waals surface area contributed by atoms with E-state index in [0.717, 1.165) is 22.2 Å². The van der Waals surface area contributed by atoms with Gasteiger partial charge in [0, 0.05) is 18.2 Å². The Balaban J connectivity index is 0.00000161. The Bertz CT molecular complexity index is 824. The summed E-state index contributed by atoms with van der Waals surface area (Å²) < 4.78 is 7.39. The summed E-state index contributed by atoms with van der Waals surface area (Å²) in [6, 6.07) is 17.7. The standard InChI is InChI=1S/C17H13N2O.BrH/c1-20-17-7-3-5-14-8-9-19(12-16(14)17)15-6-2-4-13(10-15)11-18;/h2-10,12H,1H3;1H/q+1;/p-1. The Morgan fingerprint density at radius 2 is 1.90 bits per heavy atom. The van der Waals surface area contributed by atoms with Gasteiger partial charge in [0.15, 0.2) is 12.4 Å². The van der Waals surface area contributed by atoms with Crippen molar-refractivity contribution in [1.29, 1.82) is 5.26 Å². The smallest absolute Gasteiger partial charge is 0.211 e. The number of hydrogen-bond donors (Lipinski definition) is 0. The number of benzene rings is 2. The van der Waals surface area contributed by atoms with E-state index in [1.807, 2.05) is 59.4 Å². The van der Waals surface area contributed by atoms with Crippen LogP contribution in [0.25, 0.3) is 16.5 Å². The minimum Gasteiger partial charge on any atom is -1.00 e. The average molecular weight is 341 g/mol. The van der Waals surface area contributed by atoms with Gasteiger partial charge in [0.05, 0.1) is 24.1 Å². The van der Waals surface area contributed by atoms with Gasteiger partial charge in [-0.15, -0.1) is 0 Å². The highest BCUT2D eigenvalue weighted by Gasteiger charge is 2.10. The predicted octanol–water partition coefficient (Wildman–Crippen LogP) is 0.000780.